The van der Waals surface area contributed by atoms with Crippen molar-refractivity contribution in [3.05, 3.63) is 29.8 Å². The van der Waals surface area contributed by atoms with Crippen LogP contribution in [0.5, 0.6) is 0 Å². The Morgan fingerprint density at radius 1 is 1.19 bits per heavy atom. The Morgan fingerprint density at radius 2 is 1.86 bits per heavy atom. The summed E-state index contributed by atoms with van der Waals surface area (Å²) in [5.74, 6) is -2.86. The zero-order chi connectivity index (χ0) is 15.4. The van der Waals surface area contributed by atoms with Crippen LogP contribution in [0, 0.1) is 11.6 Å². The molecule has 0 saturated carbocycles. The minimum absolute atomic E-state index is 0.101. The maximum atomic E-state index is 13.0. The summed E-state index contributed by atoms with van der Waals surface area (Å²) in [4.78, 5) is 35.8. The van der Waals surface area contributed by atoms with Gasteiger partial charge in [0.15, 0.2) is 11.6 Å². The third-order valence-corrected chi connectivity index (χ3v) is 3.77. The van der Waals surface area contributed by atoms with E-state index in [0.29, 0.717) is 10.6 Å². The van der Waals surface area contributed by atoms with E-state index in [-0.39, 0.29) is 25.4 Å². The fourth-order valence-electron chi connectivity index (χ4n) is 1.79. The lowest BCUT2D eigenvalue weighted by Crippen LogP contribution is -2.53. The molecule has 21 heavy (non-hydrogen) atoms. The van der Waals surface area contributed by atoms with E-state index in [4.69, 9.17) is 0 Å². The second-order valence-electron chi connectivity index (χ2n) is 4.40. The molecule has 3 amide bonds. The number of nitrogens with zero attached hydrogens (tertiary/aromatic N) is 1. The topological polar surface area (TPSA) is 66.5 Å². The van der Waals surface area contributed by atoms with E-state index in [1.54, 1.807) is 0 Å². The zero-order valence-electron chi connectivity index (χ0n) is 10.9. The number of rotatable bonds is 4. The summed E-state index contributed by atoms with van der Waals surface area (Å²) in [6, 6.07) is 3.50. The van der Waals surface area contributed by atoms with Gasteiger partial charge in [0, 0.05) is 17.1 Å². The van der Waals surface area contributed by atoms with Gasteiger partial charge in [0.2, 0.25) is 17.7 Å². The molecule has 0 atom stereocenters. The highest BCUT2D eigenvalue weighted by molar-refractivity contribution is 7.99. The average Bonchev–Trinajstić information content (AvgIpc) is 2.41. The number of thioether (sulfide) groups is 1. The Hall–Kier alpha value is -1.96. The van der Waals surface area contributed by atoms with Gasteiger partial charge in [0.1, 0.15) is 13.1 Å². The van der Waals surface area contributed by atoms with Crippen molar-refractivity contribution in [2.75, 3.05) is 18.8 Å². The first-order valence-corrected chi connectivity index (χ1v) is 7.12. The lowest BCUT2D eigenvalue weighted by Gasteiger charge is -2.25. The van der Waals surface area contributed by atoms with Gasteiger partial charge in [-0.3, -0.25) is 19.7 Å². The number of benzene rings is 1. The van der Waals surface area contributed by atoms with Crippen LogP contribution in [0.15, 0.2) is 23.1 Å². The predicted molar refractivity (Wildman–Crippen MR) is 71.4 cm³/mol. The molecule has 1 N–H and O–H groups in total. The van der Waals surface area contributed by atoms with Crippen molar-refractivity contribution in [3.8, 4) is 0 Å². The Bertz CT molecular complexity index is 579. The van der Waals surface area contributed by atoms with Gasteiger partial charge in [0.05, 0.1) is 0 Å². The molecule has 1 aliphatic rings. The Morgan fingerprint density at radius 3 is 2.48 bits per heavy atom. The summed E-state index contributed by atoms with van der Waals surface area (Å²) in [5, 5.41) is 2.10. The molecule has 0 aliphatic carbocycles. The monoisotopic (exact) mass is 314 g/mol. The molecule has 0 radical (unpaired) electrons. The first kappa shape index (κ1) is 15.4. The van der Waals surface area contributed by atoms with Crippen molar-refractivity contribution in [1.82, 2.24) is 10.2 Å². The smallest absolute Gasteiger partial charge is 0.246 e. The highest BCUT2D eigenvalue weighted by atomic mass is 32.2. The highest BCUT2D eigenvalue weighted by Crippen LogP contribution is 2.21. The lowest BCUT2D eigenvalue weighted by atomic mass is 10.3. The lowest BCUT2D eigenvalue weighted by molar-refractivity contribution is -0.145. The van der Waals surface area contributed by atoms with Crippen LogP contribution < -0.4 is 5.32 Å². The fraction of sp³-hybridized carbons (Fsp3) is 0.308. The van der Waals surface area contributed by atoms with Crippen molar-refractivity contribution < 1.29 is 23.2 Å². The summed E-state index contributed by atoms with van der Waals surface area (Å²) in [7, 11) is 0. The van der Waals surface area contributed by atoms with Crippen LogP contribution in [-0.4, -0.2) is 41.5 Å². The summed E-state index contributed by atoms with van der Waals surface area (Å²) >= 11 is 1.20. The van der Waals surface area contributed by atoms with Gasteiger partial charge in [-0.2, -0.15) is 0 Å². The fourth-order valence-corrected chi connectivity index (χ4v) is 2.66. The number of nitrogens with one attached hydrogen (secondary N) is 1. The SMILES string of the molecule is O=C1CN(C(=O)CCSc2ccc(F)c(F)c2)CC(=O)N1. The van der Waals surface area contributed by atoms with Crippen molar-refractivity contribution in [2.45, 2.75) is 11.3 Å². The van der Waals surface area contributed by atoms with Crippen LogP contribution in [0.4, 0.5) is 8.78 Å². The van der Waals surface area contributed by atoms with Gasteiger partial charge in [0.25, 0.3) is 0 Å². The van der Waals surface area contributed by atoms with Gasteiger partial charge < -0.3 is 4.90 Å². The first-order chi connectivity index (χ1) is 9.95. The van der Waals surface area contributed by atoms with Gasteiger partial charge >= 0.3 is 0 Å². The molecule has 8 heteroatoms. The Balaban J connectivity index is 1.82. The van der Waals surface area contributed by atoms with Crippen molar-refractivity contribution >= 4 is 29.5 Å². The van der Waals surface area contributed by atoms with Crippen LogP contribution in [0.1, 0.15) is 6.42 Å². The molecule has 112 valence electrons. The molecule has 0 spiro atoms. The number of carbonyl (C=O) groups excluding carboxylic acids is 3. The quantitative estimate of drug-likeness (QED) is 0.663. The molecule has 1 aromatic carbocycles. The molecule has 0 unspecified atom stereocenters. The van der Waals surface area contributed by atoms with Crippen LogP contribution in [-0.2, 0) is 14.4 Å². The van der Waals surface area contributed by atoms with Crippen LogP contribution in [0.2, 0.25) is 0 Å². The number of amides is 3. The minimum Gasteiger partial charge on any atom is -0.324 e. The van der Waals surface area contributed by atoms with E-state index < -0.39 is 23.4 Å². The predicted octanol–water partition coefficient (Wildman–Crippen LogP) is 0.932. The maximum Gasteiger partial charge on any atom is 0.246 e. The Labute approximate surface area is 123 Å². The van der Waals surface area contributed by atoms with Crippen molar-refractivity contribution in [2.24, 2.45) is 0 Å². The largest absolute Gasteiger partial charge is 0.324 e. The van der Waals surface area contributed by atoms with Gasteiger partial charge in [-0.05, 0) is 18.2 Å². The second-order valence-corrected chi connectivity index (χ2v) is 5.56. The standard InChI is InChI=1S/C13H12F2N2O3S/c14-9-2-1-8(5-10(9)15)21-4-3-13(20)17-6-11(18)16-12(19)7-17/h1-2,5H,3-4,6-7H2,(H,16,18,19). The van der Waals surface area contributed by atoms with Gasteiger partial charge in [-0.1, -0.05) is 0 Å². The highest BCUT2D eigenvalue weighted by Gasteiger charge is 2.25. The van der Waals surface area contributed by atoms with Crippen LogP contribution in [0.25, 0.3) is 0 Å². The van der Waals surface area contributed by atoms with Gasteiger partial charge in [-0.15, -0.1) is 11.8 Å². The van der Waals surface area contributed by atoms with E-state index in [9.17, 15) is 23.2 Å². The number of hydrogen-bond acceptors (Lipinski definition) is 4. The number of piperazine rings is 1. The molecule has 0 bridgehead atoms. The molecule has 1 aromatic rings. The number of halogens is 2. The molecule has 1 fully saturated rings. The van der Waals surface area contributed by atoms with E-state index in [0.717, 1.165) is 12.1 Å². The molecule has 2 rings (SSSR count). The van der Waals surface area contributed by atoms with E-state index in [1.165, 1.54) is 22.7 Å². The van der Waals surface area contributed by atoms with E-state index >= 15 is 0 Å². The number of hydrogen-bond donors (Lipinski definition) is 1. The zero-order valence-corrected chi connectivity index (χ0v) is 11.7. The van der Waals surface area contributed by atoms with E-state index in [2.05, 4.69) is 5.32 Å². The molecule has 1 saturated heterocycles. The molecule has 5 nitrogen and oxygen atoms in total. The van der Waals surface area contributed by atoms with E-state index in [1.807, 2.05) is 0 Å². The third-order valence-electron chi connectivity index (χ3n) is 2.78. The maximum absolute atomic E-state index is 13.0. The average molecular weight is 314 g/mol. The van der Waals surface area contributed by atoms with Crippen LogP contribution in [0.3, 0.4) is 0 Å². The van der Waals surface area contributed by atoms with Crippen molar-refractivity contribution in [3.63, 3.8) is 0 Å². The number of imide groups is 1. The summed E-state index contributed by atoms with van der Waals surface area (Å²) < 4.78 is 25.7. The molecular formula is C13H12F2N2O3S. The minimum atomic E-state index is -0.940. The Kier molecular flexibility index (Phi) is 4.89. The van der Waals surface area contributed by atoms with Crippen molar-refractivity contribution in [1.29, 1.82) is 0 Å². The van der Waals surface area contributed by atoms with Crippen LogP contribution >= 0.6 is 11.8 Å². The summed E-state index contributed by atoms with van der Waals surface area (Å²) in [6.45, 7) is -0.277. The first-order valence-electron chi connectivity index (χ1n) is 6.14. The molecule has 0 aromatic heterocycles. The molecular weight excluding hydrogens is 302 g/mol. The summed E-state index contributed by atoms with van der Waals surface area (Å²) in [5.41, 5.74) is 0. The molecule has 1 aliphatic heterocycles. The number of carbonyl (C=O) groups is 3. The second kappa shape index (κ2) is 6.66. The molecule has 1 heterocycles. The van der Waals surface area contributed by atoms with Gasteiger partial charge in [-0.25, -0.2) is 8.78 Å². The normalized spacial score (nSPS) is 15.0. The third kappa shape index (κ3) is 4.25. The summed E-state index contributed by atoms with van der Waals surface area (Å²) in [6.07, 6.45) is 0.101.